The van der Waals surface area contributed by atoms with Gasteiger partial charge in [0.25, 0.3) is 0 Å². The molecule has 0 aromatic heterocycles. The molecule has 0 saturated carbocycles. The first-order valence-corrected chi connectivity index (χ1v) is 7.88. The smallest absolute Gasteiger partial charge is 0.136 e. The fraction of sp³-hybridized carbons (Fsp3) is 0.333. The van der Waals surface area contributed by atoms with E-state index in [1.54, 1.807) is 18.4 Å². The normalized spacial score (nSPS) is 9.14. The van der Waals surface area contributed by atoms with E-state index in [9.17, 15) is 8.78 Å². The predicted molar refractivity (Wildman–Crippen MR) is 92.4 cm³/mol. The second-order valence-corrected chi connectivity index (χ2v) is 4.23. The molecular formula is C18H24F2S. The summed E-state index contributed by atoms with van der Waals surface area (Å²) >= 11 is 3.53. The fourth-order valence-corrected chi connectivity index (χ4v) is 2.01. The zero-order chi connectivity index (χ0) is 16.4. The van der Waals surface area contributed by atoms with Crippen LogP contribution in [0.4, 0.5) is 8.78 Å². The van der Waals surface area contributed by atoms with Crippen LogP contribution in [0.2, 0.25) is 0 Å². The maximum atomic E-state index is 14.0. The number of alkyl halides is 1. The van der Waals surface area contributed by atoms with E-state index in [-0.39, 0.29) is 5.56 Å². The van der Waals surface area contributed by atoms with Crippen molar-refractivity contribution >= 4 is 12.6 Å². The lowest BCUT2D eigenvalue weighted by Gasteiger charge is -2.10. The Bertz CT molecular complexity index is 551. The Morgan fingerprint density at radius 1 is 0.952 bits per heavy atom. The van der Waals surface area contributed by atoms with Crippen LogP contribution in [0.5, 0.6) is 0 Å². The molecule has 0 aliphatic carbocycles. The number of hydrogen-bond donors (Lipinski definition) is 1. The lowest BCUT2D eigenvalue weighted by Crippen LogP contribution is -1.93. The van der Waals surface area contributed by atoms with Crippen molar-refractivity contribution in [2.75, 3.05) is 6.26 Å². The third-order valence-corrected chi connectivity index (χ3v) is 2.89. The van der Waals surface area contributed by atoms with Crippen molar-refractivity contribution in [3.05, 3.63) is 58.9 Å². The Morgan fingerprint density at radius 3 is 2.10 bits per heavy atom. The van der Waals surface area contributed by atoms with E-state index in [4.69, 9.17) is 0 Å². The molecule has 0 aliphatic heterocycles. The van der Waals surface area contributed by atoms with Gasteiger partial charge >= 0.3 is 0 Å². The molecule has 0 bridgehead atoms. The summed E-state index contributed by atoms with van der Waals surface area (Å²) in [7, 11) is 0. The molecule has 2 rings (SSSR count). The van der Waals surface area contributed by atoms with Gasteiger partial charge in [-0.15, -0.1) is 0 Å². The van der Waals surface area contributed by atoms with Gasteiger partial charge in [-0.1, -0.05) is 55.8 Å². The van der Waals surface area contributed by atoms with Gasteiger partial charge in [0.05, 0.1) is 0 Å². The molecule has 0 fully saturated rings. The van der Waals surface area contributed by atoms with Crippen LogP contribution in [-0.2, 0) is 6.67 Å². The number of hydrogen-bond acceptors (Lipinski definition) is 1. The van der Waals surface area contributed by atoms with Crippen LogP contribution < -0.4 is 0 Å². The Labute approximate surface area is 132 Å². The van der Waals surface area contributed by atoms with Gasteiger partial charge in [-0.25, -0.2) is 8.78 Å². The van der Waals surface area contributed by atoms with Crippen molar-refractivity contribution in [1.82, 2.24) is 0 Å². The second-order valence-electron chi connectivity index (χ2n) is 4.23. The molecule has 0 unspecified atom stereocenters. The quantitative estimate of drug-likeness (QED) is 0.632. The van der Waals surface area contributed by atoms with Crippen LogP contribution in [-0.4, -0.2) is 6.26 Å². The van der Waals surface area contributed by atoms with Gasteiger partial charge < -0.3 is 0 Å². The first kappa shape index (κ1) is 19.7. The van der Waals surface area contributed by atoms with Crippen molar-refractivity contribution in [3.63, 3.8) is 0 Å². The highest BCUT2D eigenvalue weighted by molar-refractivity contribution is 7.79. The van der Waals surface area contributed by atoms with Crippen LogP contribution in [0.25, 0.3) is 11.1 Å². The fourth-order valence-electron chi connectivity index (χ4n) is 2.01. The minimum absolute atomic E-state index is 0.113. The van der Waals surface area contributed by atoms with Crippen LogP contribution in [0.3, 0.4) is 0 Å². The monoisotopic (exact) mass is 310 g/mol. The second kappa shape index (κ2) is 10.4. The third-order valence-electron chi connectivity index (χ3n) is 2.89. The maximum Gasteiger partial charge on any atom is 0.136 e. The molecule has 0 aliphatic rings. The molecular weight excluding hydrogens is 286 g/mol. The first-order valence-electron chi connectivity index (χ1n) is 6.99. The summed E-state index contributed by atoms with van der Waals surface area (Å²) in [6.45, 7) is 7.15. The van der Waals surface area contributed by atoms with Gasteiger partial charge in [0, 0.05) is 11.1 Å². The molecule has 0 radical (unpaired) electrons. The molecule has 3 heteroatoms. The van der Waals surface area contributed by atoms with E-state index in [0.717, 1.165) is 16.7 Å². The summed E-state index contributed by atoms with van der Waals surface area (Å²) in [4.78, 5) is 0. The topological polar surface area (TPSA) is 0 Å². The molecule has 116 valence electrons. The van der Waals surface area contributed by atoms with Crippen molar-refractivity contribution in [2.45, 2.75) is 34.4 Å². The molecule has 0 atom stereocenters. The van der Waals surface area contributed by atoms with Gasteiger partial charge in [-0.05, 0) is 31.2 Å². The maximum absolute atomic E-state index is 14.0. The summed E-state index contributed by atoms with van der Waals surface area (Å²) in [6.07, 6.45) is 1.69. The highest BCUT2D eigenvalue weighted by atomic mass is 32.1. The molecule has 2 aromatic carbocycles. The molecule has 0 nitrogen and oxygen atoms in total. The van der Waals surface area contributed by atoms with Crippen molar-refractivity contribution in [3.8, 4) is 11.1 Å². The van der Waals surface area contributed by atoms with Crippen LogP contribution >= 0.6 is 12.6 Å². The Kier molecular flexibility index (Phi) is 9.72. The summed E-state index contributed by atoms with van der Waals surface area (Å²) < 4.78 is 26.6. The van der Waals surface area contributed by atoms with Crippen molar-refractivity contribution < 1.29 is 8.78 Å². The Morgan fingerprint density at radius 2 is 1.57 bits per heavy atom. The number of thiol groups is 1. The SMILES string of the molecule is CC.CS.Cc1ccc(-c2cccc(CF)c2F)c(C)c1. The van der Waals surface area contributed by atoms with E-state index in [0.29, 0.717) is 5.56 Å². The largest absolute Gasteiger partial charge is 0.246 e. The number of benzene rings is 2. The molecule has 2 aromatic rings. The highest BCUT2D eigenvalue weighted by Crippen LogP contribution is 2.28. The molecule has 0 spiro atoms. The van der Waals surface area contributed by atoms with Crippen molar-refractivity contribution in [2.24, 2.45) is 0 Å². The standard InChI is InChI=1S/C15H14F2.C2H6.CH4S/c1-10-6-7-13(11(2)8-10)14-5-3-4-12(9-16)15(14)17;2*1-2/h3-8H,9H2,1-2H3;1-2H3;2H,1H3. The van der Waals surface area contributed by atoms with E-state index in [1.165, 1.54) is 6.07 Å². The lowest BCUT2D eigenvalue weighted by atomic mass is 9.97. The minimum Gasteiger partial charge on any atom is -0.246 e. The summed E-state index contributed by atoms with van der Waals surface area (Å²) in [5.41, 5.74) is 3.54. The van der Waals surface area contributed by atoms with Gasteiger partial charge in [0.1, 0.15) is 12.5 Å². The minimum atomic E-state index is -0.773. The zero-order valence-corrected chi connectivity index (χ0v) is 14.3. The van der Waals surface area contributed by atoms with Gasteiger partial charge in [-0.3, -0.25) is 0 Å². The first-order chi connectivity index (χ1) is 10.1. The summed E-state index contributed by atoms with van der Waals surface area (Å²) in [5, 5.41) is 0. The van der Waals surface area contributed by atoms with E-state index < -0.39 is 12.5 Å². The van der Waals surface area contributed by atoms with Crippen LogP contribution in [0.1, 0.15) is 30.5 Å². The van der Waals surface area contributed by atoms with Crippen molar-refractivity contribution in [1.29, 1.82) is 0 Å². The summed E-state index contributed by atoms with van der Waals surface area (Å²) in [5.74, 6) is -0.457. The van der Waals surface area contributed by atoms with E-state index in [1.807, 2.05) is 45.9 Å². The van der Waals surface area contributed by atoms with Crippen LogP contribution in [0, 0.1) is 19.7 Å². The molecule has 21 heavy (non-hydrogen) atoms. The molecule has 0 saturated heterocycles. The van der Waals surface area contributed by atoms with E-state index >= 15 is 0 Å². The summed E-state index contributed by atoms with van der Waals surface area (Å²) in [6, 6.07) is 10.7. The average molecular weight is 310 g/mol. The number of rotatable bonds is 2. The zero-order valence-electron chi connectivity index (χ0n) is 13.4. The Hall–Kier alpha value is -1.35. The molecule has 0 heterocycles. The average Bonchev–Trinajstić information content (AvgIpc) is 2.52. The molecule has 0 amide bonds. The number of aryl methyl sites for hydroxylation is 2. The number of halogens is 2. The van der Waals surface area contributed by atoms with Gasteiger partial charge in [-0.2, -0.15) is 12.6 Å². The molecule has 0 N–H and O–H groups in total. The van der Waals surface area contributed by atoms with Gasteiger partial charge in [0.2, 0.25) is 0 Å². The predicted octanol–water partition coefficient (Wildman–Crippen LogP) is 6.15. The van der Waals surface area contributed by atoms with Gasteiger partial charge in [0.15, 0.2) is 0 Å². The lowest BCUT2D eigenvalue weighted by molar-refractivity contribution is 0.464. The highest BCUT2D eigenvalue weighted by Gasteiger charge is 2.11. The third kappa shape index (κ3) is 5.16. The Balaban J connectivity index is 0.000000921. The van der Waals surface area contributed by atoms with E-state index in [2.05, 4.69) is 12.6 Å². The van der Waals surface area contributed by atoms with Crippen LogP contribution in [0.15, 0.2) is 36.4 Å².